The minimum absolute atomic E-state index is 0.195. The lowest BCUT2D eigenvalue weighted by atomic mass is 10.2. The summed E-state index contributed by atoms with van der Waals surface area (Å²) in [5.74, 6) is 7.36. The highest BCUT2D eigenvalue weighted by atomic mass is 35.5. The van der Waals surface area contributed by atoms with Crippen LogP contribution in [-0.4, -0.2) is 18.2 Å². The number of hydrogen-bond donors (Lipinski definition) is 1. The van der Waals surface area contributed by atoms with Crippen LogP contribution >= 0.6 is 11.6 Å². The molecule has 0 spiro atoms. The minimum Gasteiger partial charge on any atom is -0.444 e. The van der Waals surface area contributed by atoms with Gasteiger partial charge in [0, 0.05) is 11.3 Å². The zero-order chi connectivity index (χ0) is 11.0. The Bertz CT molecular complexity index is 309. The van der Waals surface area contributed by atoms with Crippen molar-refractivity contribution in [1.82, 2.24) is 5.32 Å². The minimum atomic E-state index is -0.495. The molecule has 0 atom stereocenters. The van der Waals surface area contributed by atoms with E-state index in [4.69, 9.17) is 16.3 Å². The Kier molecular flexibility index (Phi) is 5.60. The molecule has 14 heavy (non-hydrogen) atoms. The fourth-order valence-electron chi connectivity index (χ4n) is 0.543. The van der Waals surface area contributed by atoms with Gasteiger partial charge in [0.1, 0.15) is 5.60 Å². The first-order valence-electron chi connectivity index (χ1n) is 4.01. The lowest BCUT2D eigenvalue weighted by Gasteiger charge is -2.18. The van der Waals surface area contributed by atoms with Crippen LogP contribution in [0.3, 0.4) is 0 Å². The molecule has 0 heterocycles. The Labute approximate surface area is 89.2 Å². The van der Waals surface area contributed by atoms with Gasteiger partial charge in [-0.3, -0.25) is 0 Å². The maximum absolute atomic E-state index is 11.0. The van der Waals surface area contributed by atoms with Gasteiger partial charge < -0.3 is 10.1 Å². The molecule has 0 aliphatic heterocycles. The van der Waals surface area contributed by atoms with Gasteiger partial charge in [0.25, 0.3) is 0 Å². The summed E-state index contributed by atoms with van der Waals surface area (Å²) < 4.78 is 4.96. The summed E-state index contributed by atoms with van der Waals surface area (Å²) in [6.07, 6.45) is -0.495. The quantitative estimate of drug-likeness (QED) is 0.674. The van der Waals surface area contributed by atoms with Crippen molar-refractivity contribution in [2.75, 3.05) is 6.54 Å². The lowest BCUT2D eigenvalue weighted by Crippen LogP contribution is -2.32. The van der Waals surface area contributed by atoms with E-state index in [1.165, 1.54) is 0 Å². The van der Waals surface area contributed by atoms with E-state index >= 15 is 0 Å². The first kappa shape index (κ1) is 12.7. The van der Waals surface area contributed by atoms with Crippen molar-refractivity contribution in [2.45, 2.75) is 26.4 Å². The first-order chi connectivity index (χ1) is 6.45. The topological polar surface area (TPSA) is 38.3 Å². The van der Waals surface area contributed by atoms with Crippen LogP contribution in [0.1, 0.15) is 20.8 Å². The average molecular weight is 214 g/mol. The predicted molar refractivity (Wildman–Crippen MR) is 55.6 cm³/mol. The molecule has 0 aromatic heterocycles. The van der Waals surface area contributed by atoms with Crippen molar-refractivity contribution in [3.8, 4) is 23.1 Å². The highest BCUT2D eigenvalue weighted by Gasteiger charge is 2.14. The number of alkyl carbamates (subject to hydrolysis) is 1. The Morgan fingerprint density at radius 1 is 1.43 bits per heavy atom. The van der Waals surface area contributed by atoms with Gasteiger partial charge in [-0.25, -0.2) is 4.79 Å². The van der Waals surface area contributed by atoms with E-state index in [1.54, 1.807) is 20.8 Å². The molecular weight excluding hydrogens is 202 g/mol. The van der Waals surface area contributed by atoms with Gasteiger partial charge in [-0.1, -0.05) is 5.92 Å². The summed E-state index contributed by atoms with van der Waals surface area (Å²) in [5.41, 5.74) is -0.493. The standard InChI is InChI=1S/C10H12ClNO2/c1-10(2,3)14-9(13)12-8-6-4-5-7-11/h8H2,1-3H3,(H,12,13). The first-order valence-corrected chi connectivity index (χ1v) is 4.39. The molecule has 0 fully saturated rings. The summed E-state index contributed by atoms with van der Waals surface area (Å²) in [7, 11) is 0. The molecule has 1 amide bonds. The summed E-state index contributed by atoms with van der Waals surface area (Å²) >= 11 is 5.05. The lowest BCUT2D eigenvalue weighted by molar-refractivity contribution is 0.0535. The number of carbonyl (C=O) groups excluding carboxylic acids is 1. The Balaban J connectivity index is 3.76. The van der Waals surface area contributed by atoms with E-state index in [9.17, 15) is 4.79 Å². The van der Waals surface area contributed by atoms with Gasteiger partial charge in [0.05, 0.1) is 6.54 Å². The summed E-state index contributed by atoms with van der Waals surface area (Å²) in [4.78, 5) is 11.0. The molecule has 0 rings (SSSR count). The molecule has 0 saturated carbocycles. The van der Waals surface area contributed by atoms with E-state index in [-0.39, 0.29) is 6.54 Å². The zero-order valence-corrected chi connectivity index (χ0v) is 9.16. The molecule has 76 valence electrons. The van der Waals surface area contributed by atoms with Crippen LogP contribution in [0.4, 0.5) is 4.79 Å². The second kappa shape index (κ2) is 6.18. The SMILES string of the molecule is CC(C)(C)OC(=O)NCC#CC#CCl. The third kappa shape index (κ3) is 8.77. The fourth-order valence-corrected chi connectivity index (χ4v) is 0.590. The van der Waals surface area contributed by atoms with Gasteiger partial charge in [-0.15, -0.1) is 0 Å². The molecule has 0 aromatic rings. The number of nitrogens with one attached hydrogen (secondary N) is 1. The van der Waals surface area contributed by atoms with E-state index in [1.807, 2.05) is 0 Å². The van der Waals surface area contributed by atoms with Gasteiger partial charge in [-0.05, 0) is 38.3 Å². The number of amides is 1. The maximum atomic E-state index is 11.0. The van der Waals surface area contributed by atoms with E-state index < -0.39 is 11.7 Å². The van der Waals surface area contributed by atoms with Crippen LogP contribution in [0.15, 0.2) is 0 Å². The van der Waals surface area contributed by atoms with Gasteiger partial charge in [0.15, 0.2) is 0 Å². The third-order valence-electron chi connectivity index (χ3n) is 0.918. The molecule has 3 nitrogen and oxygen atoms in total. The van der Waals surface area contributed by atoms with Crippen molar-refractivity contribution in [3.05, 3.63) is 0 Å². The molecule has 0 aliphatic carbocycles. The zero-order valence-electron chi connectivity index (χ0n) is 8.40. The largest absolute Gasteiger partial charge is 0.444 e. The van der Waals surface area contributed by atoms with Crippen molar-refractivity contribution >= 4 is 17.7 Å². The van der Waals surface area contributed by atoms with Crippen LogP contribution in [0.5, 0.6) is 0 Å². The Morgan fingerprint density at radius 3 is 2.57 bits per heavy atom. The monoisotopic (exact) mass is 213 g/mol. The molecule has 0 saturated heterocycles. The normalized spacial score (nSPS) is 8.86. The fraction of sp³-hybridized carbons (Fsp3) is 0.500. The number of rotatable bonds is 1. The molecule has 1 N–H and O–H groups in total. The van der Waals surface area contributed by atoms with E-state index in [2.05, 4.69) is 28.5 Å². The van der Waals surface area contributed by atoms with Crippen LogP contribution in [-0.2, 0) is 4.74 Å². The maximum Gasteiger partial charge on any atom is 0.408 e. The van der Waals surface area contributed by atoms with Crippen molar-refractivity contribution in [3.63, 3.8) is 0 Å². The molecule has 0 unspecified atom stereocenters. The van der Waals surface area contributed by atoms with Gasteiger partial charge in [0.2, 0.25) is 0 Å². The summed E-state index contributed by atoms with van der Waals surface area (Å²) in [5, 5.41) is 4.55. The smallest absolute Gasteiger partial charge is 0.408 e. The van der Waals surface area contributed by atoms with Crippen molar-refractivity contribution < 1.29 is 9.53 Å². The number of halogens is 1. The summed E-state index contributed by atoms with van der Waals surface area (Å²) in [6, 6.07) is 0. The molecular formula is C10H12ClNO2. The molecule has 4 heteroatoms. The number of ether oxygens (including phenoxy) is 1. The molecule has 0 bridgehead atoms. The van der Waals surface area contributed by atoms with E-state index in [0.717, 1.165) is 0 Å². The highest BCUT2D eigenvalue weighted by Crippen LogP contribution is 2.05. The van der Waals surface area contributed by atoms with Crippen molar-refractivity contribution in [2.24, 2.45) is 0 Å². The Morgan fingerprint density at radius 2 is 2.07 bits per heavy atom. The average Bonchev–Trinajstić information content (AvgIpc) is 2.00. The predicted octanol–water partition coefficient (Wildman–Crippen LogP) is 1.71. The van der Waals surface area contributed by atoms with Crippen LogP contribution in [0.25, 0.3) is 0 Å². The van der Waals surface area contributed by atoms with Crippen molar-refractivity contribution in [1.29, 1.82) is 0 Å². The third-order valence-corrected chi connectivity index (χ3v) is 1.01. The highest BCUT2D eigenvalue weighted by molar-refractivity contribution is 6.30. The van der Waals surface area contributed by atoms with Crippen LogP contribution in [0, 0.1) is 23.1 Å². The second-order valence-electron chi connectivity index (χ2n) is 3.38. The second-order valence-corrected chi connectivity index (χ2v) is 3.57. The molecule has 0 radical (unpaired) electrons. The van der Waals surface area contributed by atoms with Crippen LogP contribution < -0.4 is 5.32 Å². The number of hydrogen-bond acceptors (Lipinski definition) is 2. The van der Waals surface area contributed by atoms with Gasteiger partial charge in [-0.2, -0.15) is 0 Å². The van der Waals surface area contributed by atoms with Gasteiger partial charge >= 0.3 is 6.09 Å². The molecule has 0 aromatic carbocycles. The van der Waals surface area contributed by atoms with Crippen LogP contribution in [0.2, 0.25) is 0 Å². The van der Waals surface area contributed by atoms with E-state index in [0.29, 0.717) is 0 Å². The molecule has 0 aliphatic rings. The number of carbonyl (C=O) groups is 1. The summed E-state index contributed by atoms with van der Waals surface area (Å²) in [6.45, 7) is 5.56. The Hall–Kier alpha value is -1.32.